The van der Waals surface area contributed by atoms with E-state index in [-0.39, 0.29) is 11.5 Å². The number of hydrogen-bond donors (Lipinski definition) is 2. The van der Waals surface area contributed by atoms with Gasteiger partial charge in [0.1, 0.15) is 17.7 Å². The number of nitrogens with one attached hydrogen (secondary N) is 1. The summed E-state index contributed by atoms with van der Waals surface area (Å²) in [5.41, 5.74) is -0.379. The number of carbonyl (C=O) groups is 2. The van der Waals surface area contributed by atoms with Crippen LogP contribution in [0.4, 0.5) is 8.78 Å². The second kappa shape index (κ2) is 6.26. The zero-order chi connectivity index (χ0) is 14.6. The molecule has 0 saturated carbocycles. The molecule has 0 saturated heterocycles. The minimum Gasteiger partial charge on any atom is -0.480 e. The molecule has 4 nitrogen and oxygen atoms in total. The van der Waals surface area contributed by atoms with Crippen LogP contribution in [0.5, 0.6) is 0 Å². The molecule has 1 aromatic carbocycles. The van der Waals surface area contributed by atoms with Crippen molar-refractivity contribution in [3.8, 4) is 0 Å². The molecule has 0 aliphatic carbocycles. The van der Waals surface area contributed by atoms with Crippen LogP contribution in [-0.4, -0.2) is 23.0 Å². The van der Waals surface area contributed by atoms with Crippen LogP contribution in [0.15, 0.2) is 18.2 Å². The van der Waals surface area contributed by atoms with Crippen LogP contribution < -0.4 is 5.32 Å². The molecule has 0 unspecified atom stereocenters. The number of rotatable bonds is 5. The molecule has 0 bridgehead atoms. The summed E-state index contributed by atoms with van der Waals surface area (Å²) in [6.07, 6.45) is 0.545. The Morgan fingerprint density at radius 2 is 2.00 bits per heavy atom. The van der Waals surface area contributed by atoms with Gasteiger partial charge in [-0.15, -0.1) is 0 Å². The molecule has 1 aromatic rings. The summed E-state index contributed by atoms with van der Waals surface area (Å²) in [5, 5.41) is 11.3. The molecule has 6 heteroatoms. The molecule has 0 aliphatic rings. The Kier molecular flexibility index (Phi) is 4.97. The van der Waals surface area contributed by atoms with Crippen molar-refractivity contribution in [3.63, 3.8) is 0 Å². The van der Waals surface area contributed by atoms with E-state index in [0.717, 1.165) is 12.1 Å². The van der Waals surface area contributed by atoms with Gasteiger partial charge in [0.15, 0.2) is 0 Å². The van der Waals surface area contributed by atoms with Crippen molar-refractivity contribution >= 4 is 11.9 Å². The van der Waals surface area contributed by atoms with Crippen LogP contribution in [0.2, 0.25) is 0 Å². The summed E-state index contributed by atoms with van der Waals surface area (Å²) in [4.78, 5) is 22.8. The monoisotopic (exact) mass is 271 g/mol. The van der Waals surface area contributed by atoms with Gasteiger partial charge in [0.2, 0.25) is 0 Å². The first-order valence-electron chi connectivity index (χ1n) is 5.85. The first-order chi connectivity index (χ1) is 8.86. The summed E-state index contributed by atoms with van der Waals surface area (Å²) in [6.45, 7) is 3.45. The molecular formula is C13H15F2NO3. The molecule has 0 heterocycles. The van der Waals surface area contributed by atoms with E-state index in [0.29, 0.717) is 12.5 Å². The molecule has 0 aliphatic heterocycles. The van der Waals surface area contributed by atoms with E-state index in [1.165, 1.54) is 0 Å². The second-order valence-corrected chi connectivity index (χ2v) is 4.30. The first-order valence-corrected chi connectivity index (χ1v) is 5.85. The van der Waals surface area contributed by atoms with Crippen molar-refractivity contribution < 1.29 is 23.5 Å². The minimum atomic E-state index is -1.19. The average molecular weight is 271 g/mol. The number of carboxylic acid groups (broad SMARTS) is 1. The summed E-state index contributed by atoms with van der Waals surface area (Å²) < 4.78 is 26.1. The highest BCUT2D eigenvalue weighted by Gasteiger charge is 2.26. The molecule has 0 radical (unpaired) electrons. The molecule has 1 rings (SSSR count). The second-order valence-electron chi connectivity index (χ2n) is 4.30. The van der Waals surface area contributed by atoms with E-state index in [2.05, 4.69) is 5.32 Å². The van der Waals surface area contributed by atoms with Crippen molar-refractivity contribution in [1.29, 1.82) is 0 Å². The van der Waals surface area contributed by atoms with Crippen LogP contribution in [0.3, 0.4) is 0 Å². The largest absolute Gasteiger partial charge is 0.480 e. The SMILES string of the molecule is CC[C@@H](C)[C@@H](NC(=O)c1ccc(F)cc1F)C(=O)O. The van der Waals surface area contributed by atoms with Gasteiger partial charge in [0, 0.05) is 6.07 Å². The fourth-order valence-electron chi connectivity index (χ4n) is 1.58. The number of carboxylic acids is 1. The fraction of sp³-hybridized carbons (Fsp3) is 0.385. The number of hydrogen-bond acceptors (Lipinski definition) is 2. The van der Waals surface area contributed by atoms with Gasteiger partial charge in [-0.05, 0) is 18.1 Å². The summed E-state index contributed by atoms with van der Waals surface area (Å²) >= 11 is 0. The van der Waals surface area contributed by atoms with Crippen LogP contribution in [0.1, 0.15) is 30.6 Å². The third-order valence-electron chi connectivity index (χ3n) is 2.94. The molecule has 104 valence electrons. The number of halogens is 2. The van der Waals surface area contributed by atoms with E-state index in [9.17, 15) is 18.4 Å². The zero-order valence-corrected chi connectivity index (χ0v) is 10.6. The van der Waals surface area contributed by atoms with Crippen molar-refractivity contribution in [2.45, 2.75) is 26.3 Å². The number of aliphatic carboxylic acids is 1. The first kappa shape index (κ1) is 15.1. The summed E-state index contributed by atoms with van der Waals surface area (Å²) in [5.74, 6) is -4.18. The number of benzene rings is 1. The number of amides is 1. The topological polar surface area (TPSA) is 66.4 Å². The highest BCUT2D eigenvalue weighted by molar-refractivity contribution is 5.96. The van der Waals surface area contributed by atoms with Gasteiger partial charge in [-0.25, -0.2) is 13.6 Å². The molecule has 0 spiro atoms. The lowest BCUT2D eigenvalue weighted by Crippen LogP contribution is -2.45. The lowest BCUT2D eigenvalue weighted by Gasteiger charge is -2.20. The standard InChI is InChI=1S/C13H15F2NO3/c1-3-7(2)11(13(18)19)16-12(17)9-5-4-8(14)6-10(9)15/h4-7,11H,3H2,1-2H3,(H,16,17)(H,18,19)/t7-,11-/m1/s1. The van der Waals surface area contributed by atoms with Gasteiger partial charge in [0.25, 0.3) is 5.91 Å². The third kappa shape index (κ3) is 3.74. The third-order valence-corrected chi connectivity index (χ3v) is 2.94. The smallest absolute Gasteiger partial charge is 0.326 e. The normalized spacial score (nSPS) is 13.7. The van der Waals surface area contributed by atoms with Gasteiger partial charge in [-0.1, -0.05) is 20.3 Å². The van der Waals surface area contributed by atoms with Gasteiger partial charge in [-0.3, -0.25) is 4.79 Å². The van der Waals surface area contributed by atoms with E-state index in [4.69, 9.17) is 5.11 Å². The van der Waals surface area contributed by atoms with E-state index in [1.54, 1.807) is 13.8 Å². The highest BCUT2D eigenvalue weighted by Crippen LogP contribution is 2.12. The predicted molar refractivity (Wildman–Crippen MR) is 64.7 cm³/mol. The van der Waals surface area contributed by atoms with Gasteiger partial charge in [0.05, 0.1) is 5.56 Å². The van der Waals surface area contributed by atoms with Gasteiger partial charge in [-0.2, -0.15) is 0 Å². The molecule has 19 heavy (non-hydrogen) atoms. The average Bonchev–Trinajstić information content (AvgIpc) is 2.34. The molecule has 0 aromatic heterocycles. The van der Waals surface area contributed by atoms with Crippen LogP contribution in [0, 0.1) is 17.6 Å². The maximum atomic E-state index is 13.4. The van der Waals surface area contributed by atoms with Gasteiger partial charge >= 0.3 is 5.97 Å². The highest BCUT2D eigenvalue weighted by atomic mass is 19.1. The maximum Gasteiger partial charge on any atom is 0.326 e. The maximum absolute atomic E-state index is 13.4. The Morgan fingerprint density at radius 3 is 2.47 bits per heavy atom. The van der Waals surface area contributed by atoms with Crippen molar-refractivity contribution in [1.82, 2.24) is 5.32 Å². The lowest BCUT2D eigenvalue weighted by atomic mass is 9.99. The quantitative estimate of drug-likeness (QED) is 0.862. The Hall–Kier alpha value is -1.98. The van der Waals surface area contributed by atoms with Crippen LogP contribution >= 0.6 is 0 Å². The minimum absolute atomic E-state index is 0.301. The zero-order valence-electron chi connectivity index (χ0n) is 10.6. The van der Waals surface area contributed by atoms with E-state index < -0.39 is 29.6 Å². The molecular weight excluding hydrogens is 256 g/mol. The predicted octanol–water partition coefficient (Wildman–Crippen LogP) is 2.19. The molecule has 2 atom stereocenters. The van der Waals surface area contributed by atoms with E-state index >= 15 is 0 Å². The lowest BCUT2D eigenvalue weighted by molar-refractivity contribution is -0.140. The Morgan fingerprint density at radius 1 is 1.37 bits per heavy atom. The Bertz CT molecular complexity index is 491. The van der Waals surface area contributed by atoms with Crippen LogP contribution in [0.25, 0.3) is 0 Å². The van der Waals surface area contributed by atoms with Gasteiger partial charge < -0.3 is 10.4 Å². The fourth-order valence-corrected chi connectivity index (χ4v) is 1.58. The Balaban J connectivity index is 2.91. The van der Waals surface area contributed by atoms with Crippen LogP contribution in [-0.2, 0) is 4.79 Å². The van der Waals surface area contributed by atoms with Crippen molar-refractivity contribution in [2.24, 2.45) is 5.92 Å². The molecule has 0 fully saturated rings. The molecule has 2 N–H and O–H groups in total. The summed E-state index contributed by atoms with van der Waals surface area (Å²) in [7, 11) is 0. The van der Waals surface area contributed by atoms with Crippen molar-refractivity contribution in [2.75, 3.05) is 0 Å². The van der Waals surface area contributed by atoms with E-state index in [1.807, 2.05) is 0 Å². The summed E-state index contributed by atoms with van der Waals surface area (Å²) in [6, 6.07) is 1.39. The number of carbonyl (C=O) groups excluding carboxylic acids is 1. The van der Waals surface area contributed by atoms with Crippen molar-refractivity contribution in [3.05, 3.63) is 35.4 Å². The molecule has 1 amide bonds. The Labute approximate surface area is 109 Å².